The van der Waals surface area contributed by atoms with E-state index < -0.39 is 5.91 Å². The fourth-order valence-electron chi connectivity index (χ4n) is 3.70. The molecule has 4 rings (SSSR count). The number of carbonyl (C=O) groups excluding carboxylic acids is 1. The highest BCUT2D eigenvalue weighted by molar-refractivity contribution is 6.18. The highest BCUT2D eigenvalue weighted by atomic mass is 16.5. The number of nitrogens with two attached hydrogens (primary N) is 1. The number of fused-ring (bicyclic) bond motifs is 1. The third-order valence-corrected chi connectivity index (χ3v) is 4.93. The molecule has 0 unspecified atom stereocenters. The van der Waals surface area contributed by atoms with E-state index in [4.69, 9.17) is 10.5 Å². The number of rotatable bonds is 4. The maximum Gasteiger partial charge on any atom is 0.249 e. The van der Waals surface area contributed by atoms with Gasteiger partial charge in [-0.05, 0) is 40.8 Å². The zero-order valence-electron chi connectivity index (χ0n) is 15.7. The molecule has 4 aromatic carbocycles. The molecule has 0 bridgehead atoms. The van der Waals surface area contributed by atoms with E-state index in [0.717, 1.165) is 10.9 Å². The van der Waals surface area contributed by atoms with E-state index in [9.17, 15) is 15.0 Å². The highest BCUT2D eigenvalue weighted by Gasteiger charge is 2.25. The number of benzene rings is 4. The average molecular weight is 385 g/mol. The lowest BCUT2D eigenvalue weighted by Gasteiger charge is -2.21. The van der Waals surface area contributed by atoms with Gasteiger partial charge in [-0.3, -0.25) is 4.79 Å². The predicted molar refractivity (Wildman–Crippen MR) is 113 cm³/mol. The number of amides is 1. The van der Waals surface area contributed by atoms with Crippen molar-refractivity contribution in [2.45, 2.75) is 0 Å². The van der Waals surface area contributed by atoms with Gasteiger partial charge in [0, 0.05) is 16.5 Å². The number of phenols is 2. The number of aromatic hydroxyl groups is 2. The summed E-state index contributed by atoms with van der Waals surface area (Å²) in [6.45, 7) is 0. The van der Waals surface area contributed by atoms with Crippen LogP contribution in [0.1, 0.15) is 10.4 Å². The molecule has 0 aromatic heterocycles. The second-order valence-electron chi connectivity index (χ2n) is 6.66. The molecule has 0 saturated heterocycles. The summed E-state index contributed by atoms with van der Waals surface area (Å²) in [5.41, 5.74) is 8.98. The molecular weight excluding hydrogens is 366 g/mol. The van der Waals surface area contributed by atoms with Crippen molar-refractivity contribution in [2.24, 2.45) is 5.73 Å². The van der Waals surface area contributed by atoms with E-state index in [1.54, 1.807) is 55.6 Å². The van der Waals surface area contributed by atoms with Crippen LogP contribution in [0.3, 0.4) is 0 Å². The Morgan fingerprint density at radius 2 is 1.24 bits per heavy atom. The van der Waals surface area contributed by atoms with E-state index >= 15 is 0 Å². The topological polar surface area (TPSA) is 92.8 Å². The minimum Gasteiger partial charge on any atom is -0.508 e. The normalized spacial score (nSPS) is 10.8. The van der Waals surface area contributed by atoms with Crippen LogP contribution < -0.4 is 10.5 Å². The van der Waals surface area contributed by atoms with Crippen molar-refractivity contribution in [3.05, 3.63) is 78.4 Å². The van der Waals surface area contributed by atoms with Gasteiger partial charge in [-0.15, -0.1) is 0 Å². The molecule has 0 aliphatic carbocycles. The molecule has 5 nitrogen and oxygen atoms in total. The number of hydrogen-bond acceptors (Lipinski definition) is 4. The van der Waals surface area contributed by atoms with E-state index in [1.165, 1.54) is 0 Å². The van der Waals surface area contributed by atoms with Gasteiger partial charge >= 0.3 is 0 Å². The fourth-order valence-corrected chi connectivity index (χ4v) is 3.70. The van der Waals surface area contributed by atoms with Crippen LogP contribution >= 0.6 is 0 Å². The van der Waals surface area contributed by atoms with Crippen molar-refractivity contribution in [3.63, 3.8) is 0 Å². The summed E-state index contributed by atoms with van der Waals surface area (Å²) >= 11 is 0. The third kappa shape index (κ3) is 3.12. The molecule has 5 heteroatoms. The van der Waals surface area contributed by atoms with Gasteiger partial charge < -0.3 is 20.7 Å². The van der Waals surface area contributed by atoms with Crippen molar-refractivity contribution in [2.75, 3.05) is 7.11 Å². The Morgan fingerprint density at radius 1 is 0.759 bits per heavy atom. The van der Waals surface area contributed by atoms with Crippen LogP contribution in [-0.2, 0) is 0 Å². The SMILES string of the molecule is COc1c(-c2ccc(O)cc2)c(-c2ccc(O)cc2)c(C(N)=O)c2ccccc12. The molecule has 0 aliphatic heterocycles. The average Bonchev–Trinajstić information content (AvgIpc) is 2.73. The van der Waals surface area contributed by atoms with E-state index in [2.05, 4.69) is 0 Å². The monoisotopic (exact) mass is 385 g/mol. The van der Waals surface area contributed by atoms with Crippen LogP contribution in [0, 0.1) is 0 Å². The minimum absolute atomic E-state index is 0.119. The Morgan fingerprint density at radius 3 is 1.72 bits per heavy atom. The second-order valence-corrected chi connectivity index (χ2v) is 6.66. The van der Waals surface area contributed by atoms with E-state index in [1.807, 2.05) is 24.3 Å². The van der Waals surface area contributed by atoms with Crippen molar-refractivity contribution in [1.29, 1.82) is 0 Å². The Kier molecular flexibility index (Phi) is 4.56. The molecule has 0 spiro atoms. The molecule has 4 aromatic rings. The first-order valence-electron chi connectivity index (χ1n) is 9.02. The number of phenolic OH excluding ortho intramolecular Hbond substituents is 2. The van der Waals surface area contributed by atoms with Crippen molar-refractivity contribution in [1.82, 2.24) is 0 Å². The largest absolute Gasteiger partial charge is 0.508 e. The lowest BCUT2D eigenvalue weighted by atomic mass is 9.85. The van der Waals surface area contributed by atoms with Crippen LogP contribution in [0.25, 0.3) is 33.0 Å². The third-order valence-electron chi connectivity index (χ3n) is 4.93. The van der Waals surface area contributed by atoms with Crippen LogP contribution in [0.2, 0.25) is 0 Å². The highest BCUT2D eigenvalue weighted by Crippen LogP contribution is 2.47. The fraction of sp³-hybridized carbons (Fsp3) is 0.0417. The zero-order chi connectivity index (χ0) is 20.5. The summed E-state index contributed by atoms with van der Waals surface area (Å²) in [4.78, 5) is 12.6. The Hall–Kier alpha value is -3.99. The second kappa shape index (κ2) is 7.20. The first-order valence-corrected chi connectivity index (χ1v) is 9.02. The molecule has 0 heterocycles. The molecule has 29 heavy (non-hydrogen) atoms. The summed E-state index contributed by atoms with van der Waals surface area (Å²) in [7, 11) is 1.58. The van der Waals surface area contributed by atoms with Gasteiger partial charge in [0.05, 0.1) is 12.7 Å². The van der Waals surface area contributed by atoms with Gasteiger partial charge in [0.1, 0.15) is 17.2 Å². The van der Waals surface area contributed by atoms with Gasteiger partial charge in [-0.2, -0.15) is 0 Å². The standard InChI is InChI=1S/C24H19NO4/c1-29-23-19-5-3-2-4-18(19)22(24(25)28)20(14-6-10-16(26)11-7-14)21(23)15-8-12-17(27)13-9-15/h2-13,26-27H,1H3,(H2,25,28). The molecule has 0 radical (unpaired) electrons. The number of carbonyl (C=O) groups is 1. The zero-order valence-corrected chi connectivity index (χ0v) is 15.7. The van der Waals surface area contributed by atoms with Gasteiger partial charge in [-0.25, -0.2) is 0 Å². The summed E-state index contributed by atoms with van der Waals surface area (Å²) in [6, 6.07) is 20.7. The van der Waals surface area contributed by atoms with Crippen molar-refractivity contribution >= 4 is 16.7 Å². The molecule has 0 fully saturated rings. The summed E-state index contributed by atoms with van der Waals surface area (Å²) in [5.74, 6) is 0.287. The first kappa shape index (κ1) is 18.4. The quantitative estimate of drug-likeness (QED) is 0.475. The van der Waals surface area contributed by atoms with E-state index in [-0.39, 0.29) is 11.5 Å². The first-order chi connectivity index (χ1) is 14.0. The van der Waals surface area contributed by atoms with Gasteiger partial charge in [0.2, 0.25) is 5.91 Å². The maximum atomic E-state index is 12.6. The molecule has 1 amide bonds. The summed E-state index contributed by atoms with van der Waals surface area (Å²) in [6.07, 6.45) is 0. The lowest BCUT2D eigenvalue weighted by molar-refractivity contribution is 0.100. The van der Waals surface area contributed by atoms with Crippen molar-refractivity contribution in [3.8, 4) is 39.5 Å². The minimum atomic E-state index is -0.563. The molecule has 0 aliphatic rings. The molecule has 0 saturated carbocycles. The van der Waals surface area contributed by atoms with Crippen LogP contribution in [0.4, 0.5) is 0 Å². The van der Waals surface area contributed by atoms with E-state index in [0.29, 0.717) is 33.4 Å². The maximum absolute atomic E-state index is 12.6. The number of ether oxygens (including phenoxy) is 1. The number of methoxy groups -OCH3 is 1. The van der Waals surface area contributed by atoms with Crippen LogP contribution in [0.15, 0.2) is 72.8 Å². The summed E-state index contributed by atoms with van der Waals surface area (Å²) in [5, 5.41) is 20.9. The van der Waals surface area contributed by atoms with Crippen molar-refractivity contribution < 1.29 is 19.7 Å². The predicted octanol–water partition coefficient (Wildman–Crippen LogP) is 4.69. The Balaban J connectivity index is 2.23. The Labute approximate surface area is 167 Å². The van der Waals surface area contributed by atoms with Crippen LogP contribution in [0.5, 0.6) is 17.2 Å². The number of primary amides is 1. The van der Waals surface area contributed by atoms with Gasteiger partial charge in [0.15, 0.2) is 0 Å². The van der Waals surface area contributed by atoms with Gasteiger partial charge in [0.25, 0.3) is 0 Å². The molecule has 0 atom stereocenters. The Bertz CT molecular complexity index is 1210. The lowest BCUT2D eigenvalue weighted by Crippen LogP contribution is -2.14. The molecular formula is C24H19NO4. The smallest absolute Gasteiger partial charge is 0.249 e. The molecule has 144 valence electrons. The van der Waals surface area contributed by atoms with Crippen LogP contribution in [-0.4, -0.2) is 23.2 Å². The molecule has 4 N–H and O–H groups in total. The van der Waals surface area contributed by atoms with Gasteiger partial charge in [-0.1, -0.05) is 48.5 Å². The summed E-state index contributed by atoms with van der Waals surface area (Å²) < 4.78 is 5.80. The number of hydrogen-bond donors (Lipinski definition) is 3.